The number of hydrogen-bond donors (Lipinski definition) is 2. The molecule has 2 saturated heterocycles. The van der Waals surface area contributed by atoms with E-state index >= 15 is 0 Å². The third-order valence-corrected chi connectivity index (χ3v) is 4.67. The van der Waals surface area contributed by atoms with Crippen molar-refractivity contribution in [1.29, 1.82) is 0 Å². The van der Waals surface area contributed by atoms with Crippen molar-refractivity contribution in [3.8, 4) is 0 Å². The molecule has 1 atom stereocenters. The van der Waals surface area contributed by atoms with Gasteiger partial charge in [-0.1, -0.05) is 6.92 Å². The van der Waals surface area contributed by atoms with Gasteiger partial charge in [0.15, 0.2) is 0 Å². The van der Waals surface area contributed by atoms with Crippen molar-refractivity contribution in [2.45, 2.75) is 45.1 Å². The first-order valence-corrected chi connectivity index (χ1v) is 8.12. The standard InChI is InChI=1S/C15H29N3O2/c1-2-17-10-6-13(7-11-17)5-8-16-15(20)18-9-3-4-14(19)12-18/h13-14,19H,2-12H2,1H3,(H,16,20). The van der Waals surface area contributed by atoms with E-state index < -0.39 is 0 Å². The second-order valence-corrected chi connectivity index (χ2v) is 6.14. The molecule has 20 heavy (non-hydrogen) atoms. The Morgan fingerprint density at radius 1 is 1.25 bits per heavy atom. The van der Waals surface area contributed by atoms with E-state index in [0.717, 1.165) is 44.8 Å². The van der Waals surface area contributed by atoms with Crippen molar-refractivity contribution >= 4 is 6.03 Å². The highest BCUT2D eigenvalue weighted by molar-refractivity contribution is 5.74. The lowest BCUT2D eigenvalue weighted by molar-refractivity contribution is 0.0840. The van der Waals surface area contributed by atoms with Gasteiger partial charge in [0.2, 0.25) is 0 Å². The third kappa shape index (κ3) is 4.63. The van der Waals surface area contributed by atoms with Crippen LogP contribution in [0.1, 0.15) is 39.0 Å². The average molecular weight is 283 g/mol. The van der Waals surface area contributed by atoms with Gasteiger partial charge in [0, 0.05) is 19.6 Å². The molecule has 5 heteroatoms. The lowest BCUT2D eigenvalue weighted by Crippen LogP contribution is -2.47. The predicted octanol–water partition coefficient (Wildman–Crippen LogP) is 1.27. The van der Waals surface area contributed by atoms with Crippen molar-refractivity contribution in [3.05, 3.63) is 0 Å². The van der Waals surface area contributed by atoms with Gasteiger partial charge in [-0.15, -0.1) is 0 Å². The molecule has 2 aliphatic rings. The molecule has 1 unspecified atom stereocenters. The molecule has 2 amide bonds. The molecule has 0 radical (unpaired) electrons. The van der Waals surface area contributed by atoms with Gasteiger partial charge in [0.05, 0.1) is 6.10 Å². The van der Waals surface area contributed by atoms with Gasteiger partial charge in [-0.3, -0.25) is 0 Å². The monoisotopic (exact) mass is 283 g/mol. The van der Waals surface area contributed by atoms with Crippen molar-refractivity contribution < 1.29 is 9.90 Å². The van der Waals surface area contributed by atoms with Crippen LogP contribution in [0.4, 0.5) is 4.79 Å². The molecule has 0 aliphatic carbocycles. The van der Waals surface area contributed by atoms with Crippen LogP contribution < -0.4 is 5.32 Å². The van der Waals surface area contributed by atoms with Gasteiger partial charge < -0.3 is 20.2 Å². The van der Waals surface area contributed by atoms with Crippen molar-refractivity contribution in [1.82, 2.24) is 15.1 Å². The largest absolute Gasteiger partial charge is 0.391 e. The van der Waals surface area contributed by atoms with Crippen LogP contribution in [0.5, 0.6) is 0 Å². The zero-order valence-electron chi connectivity index (χ0n) is 12.7. The van der Waals surface area contributed by atoms with E-state index in [0.29, 0.717) is 6.54 Å². The Labute approximate surface area is 122 Å². The molecule has 0 bridgehead atoms. The molecule has 2 heterocycles. The minimum Gasteiger partial charge on any atom is -0.391 e. The fourth-order valence-corrected chi connectivity index (χ4v) is 3.23. The van der Waals surface area contributed by atoms with E-state index in [1.54, 1.807) is 4.90 Å². The van der Waals surface area contributed by atoms with E-state index in [2.05, 4.69) is 17.1 Å². The highest BCUT2D eigenvalue weighted by Gasteiger charge is 2.22. The number of hydrogen-bond acceptors (Lipinski definition) is 3. The van der Waals surface area contributed by atoms with Crippen LogP contribution in [0, 0.1) is 5.92 Å². The minimum atomic E-state index is -0.340. The molecular formula is C15H29N3O2. The van der Waals surface area contributed by atoms with Crippen LogP contribution in [-0.2, 0) is 0 Å². The quantitative estimate of drug-likeness (QED) is 0.817. The molecule has 5 nitrogen and oxygen atoms in total. The van der Waals surface area contributed by atoms with E-state index in [-0.39, 0.29) is 12.1 Å². The number of nitrogens with zero attached hydrogens (tertiary/aromatic N) is 2. The predicted molar refractivity (Wildman–Crippen MR) is 79.7 cm³/mol. The average Bonchev–Trinajstić information content (AvgIpc) is 2.48. The topological polar surface area (TPSA) is 55.8 Å². The molecule has 0 saturated carbocycles. The van der Waals surface area contributed by atoms with Crippen LogP contribution in [0.2, 0.25) is 0 Å². The lowest BCUT2D eigenvalue weighted by atomic mass is 9.93. The summed E-state index contributed by atoms with van der Waals surface area (Å²) in [5.74, 6) is 0.755. The summed E-state index contributed by atoms with van der Waals surface area (Å²) in [4.78, 5) is 16.2. The van der Waals surface area contributed by atoms with Crippen LogP contribution in [0.25, 0.3) is 0 Å². The molecule has 116 valence electrons. The van der Waals surface area contributed by atoms with Gasteiger partial charge in [0.25, 0.3) is 0 Å². The zero-order chi connectivity index (χ0) is 14.4. The van der Waals surface area contributed by atoms with Gasteiger partial charge in [-0.25, -0.2) is 4.79 Å². The lowest BCUT2D eigenvalue weighted by Gasteiger charge is -2.32. The summed E-state index contributed by atoms with van der Waals surface area (Å²) in [6.07, 6.45) is 4.98. The first kappa shape index (κ1) is 15.6. The smallest absolute Gasteiger partial charge is 0.317 e. The van der Waals surface area contributed by atoms with E-state index in [1.807, 2.05) is 0 Å². The van der Waals surface area contributed by atoms with Crippen LogP contribution in [0.15, 0.2) is 0 Å². The summed E-state index contributed by atoms with van der Waals surface area (Å²) in [6.45, 7) is 7.80. The third-order valence-electron chi connectivity index (χ3n) is 4.67. The molecule has 2 N–H and O–H groups in total. The van der Waals surface area contributed by atoms with Crippen molar-refractivity contribution in [2.24, 2.45) is 5.92 Å². The van der Waals surface area contributed by atoms with Gasteiger partial charge in [-0.05, 0) is 57.7 Å². The number of urea groups is 1. The maximum Gasteiger partial charge on any atom is 0.317 e. The number of nitrogens with one attached hydrogen (secondary N) is 1. The van der Waals surface area contributed by atoms with Gasteiger partial charge >= 0.3 is 6.03 Å². The summed E-state index contributed by atoms with van der Waals surface area (Å²) in [5.41, 5.74) is 0. The number of amides is 2. The molecule has 2 fully saturated rings. The summed E-state index contributed by atoms with van der Waals surface area (Å²) >= 11 is 0. The molecule has 2 rings (SSSR count). The number of aliphatic hydroxyl groups excluding tert-OH is 1. The highest BCUT2D eigenvalue weighted by Crippen LogP contribution is 2.19. The summed E-state index contributed by atoms with van der Waals surface area (Å²) in [6, 6.07) is -0.00487. The first-order chi connectivity index (χ1) is 9.69. The zero-order valence-corrected chi connectivity index (χ0v) is 12.7. The van der Waals surface area contributed by atoms with Crippen molar-refractivity contribution in [2.75, 3.05) is 39.3 Å². The second-order valence-electron chi connectivity index (χ2n) is 6.14. The Hall–Kier alpha value is -0.810. The highest BCUT2D eigenvalue weighted by atomic mass is 16.3. The van der Waals surface area contributed by atoms with Crippen LogP contribution >= 0.6 is 0 Å². The normalized spacial score (nSPS) is 25.7. The molecule has 0 aromatic heterocycles. The number of β-amino-alcohol motifs (C(OH)–C–C–N with tert-alkyl or cyclic N) is 1. The molecule has 0 aromatic rings. The number of carbonyl (C=O) groups is 1. The summed E-state index contributed by atoms with van der Waals surface area (Å²) in [7, 11) is 0. The number of carbonyl (C=O) groups excluding carboxylic acids is 1. The maximum atomic E-state index is 12.0. The SMILES string of the molecule is CCN1CCC(CCNC(=O)N2CCCC(O)C2)CC1. The van der Waals surface area contributed by atoms with Crippen LogP contribution in [0.3, 0.4) is 0 Å². The Morgan fingerprint density at radius 2 is 2.00 bits per heavy atom. The molecule has 0 spiro atoms. The fraction of sp³-hybridized carbons (Fsp3) is 0.933. The maximum absolute atomic E-state index is 12.0. The fourth-order valence-electron chi connectivity index (χ4n) is 3.23. The Kier molecular flexibility index (Phi) is 6.10. The Bertz CT molecular complexity index is 303. The Balaban J connectivity index is 1.60. The van der Waals surface area contributed by atoms with E-state index in [9.17, 15) is 9.90 Å². The van der Waals surface area contributed by atoms with Gasteiger partial charge in [-0.2, -0.15) is 0 Å². The first-order valence-electron chi connectivity index (χ1n) is 8.12. The number of rotatable bonds is 4. The van der Waals surface area contributed by atoms with Gasteiger partial charge in [0.1, 0.15) is 0 Å². The second kappa shape index (κ2) is 7.84. The molecular weight excluding hydrogens is 254 g/mol. The van der Waals surface area contributed by atoms with Crippen molar-refractivity contribution in [3.63, 3.8) is 0 Å². The van der Waals surface area contributed by atoms with E-state index in [1.165, 1.54) is 25.9 Å². The van der Waals surface area contributed by atoms with Crippen LogP contribution in [-0.4, -0.2) is 66.3 Å². The summed E-state index contributed by atoms with van der Waals surface area (Å²) in [5, 5.41) is 12.6. The summed E-state index contributed by atoms with van der Waals surface area (Å²) < 4.78 is 0. The number of piperidine rings is 2. The molecule has 0 aromatic carbocycles. The Morgan fingerprint density at radius 3 is 2.65 bits per heavy atom. The number of aliphatic hydroxyl groups is 1. The number of likely N-dealkylation sites (tertiary alicyclic amines) is 2. The molecule has 2 aliphatic heterocycles. The minimum absolute atomic E-state index is 0.00487. The van der Waals surface area contributed by atoms with E-state index in [4.69, 9.17) is 0 Å².